The Hall–Kier alpha value is -2.46. The molecule has 21 heavy (non-hydrogen) atoms. The molecular weight excluding hydrogens is 278 g/mol. The zero-order chi connectivity index (χ0) is 14.5. The van der Waals surface area contributed by atoms with Gasteiger partial charge in [-0.3, -0.25) is 5.43 Å². The van der Waals surface area contributed by atoms with Gasteiger partial charge in [-0.2, -0.15) is 5.10 Å². The molecule has 3 nitrogen and oxygen atoms in total. The maximum Gasteiger partial charge on any atom is 0.203 e. The third-order valence-electron chi connectivity index (χ3n) is 3.02. The Morgan fingerprint density at radius 1 is 1.05 bits per heavy atom. The lowest BCUT2D eigenvalue weighted by atomic mass is 10.1. The average Bonchev–Trinajstić information content (AvgIpc) is 2.98. The number of nitrogens with one attached hydrogen (secondary N) is 1. The topological polar surface area (TPSA) is 37.3 Å². The van der Waals surface area contributed by atoms with E-state index in [9.17, 15) is 0 Å². The summed E-state index contributed by atoms with van der Waals surface area (Å²) in [7, 11) is 0. The summed E-state index contributed by atoms with van der Waals surface area (Å²) in [6, 6.07) is 18.3. The second-order valence-electron chi connectivity index (χ2n) is 4.68. The van der Waals surface area contributed by atoms with Crippen LogP contribution in [0.25, 0.3) is 11.3 Å². The average molecular weight is 293 g/mol. The smallest absolute Gasteiger partial charge is 0.203 e. The number of aryl methyl sites for hydroxylation is 1. The SMILES string of the molecule is Cc1ccc(-c2csc(NN=Cc3ccccc3)n2)cc1. The molecule has 0 bridgehead atoms. The molecule has 2 aromatic carbocycles. The molecule has 0 saturated carbocycles. The maximum absolute atomic E-state index is 4.54. The molecule has 0 fully saturated rings. The quantitative estimate of drug-likeness (QED) is 0.565. The molecule has 0 spiro atoms. The van der Waals surface area contributed by atoms with E-state index in [-0.39, 0.29) is 0 Å². The molecule has 104 valence electrons. The van der Waals surface area contributed by atoms with Crippen LogP contribution in [0.2, 0.25) is 0 Å². The standard InChI is InChI=1S/C17H15N3S/c1-13-7-9-15(10-8-13)16-12-21-17(19-16)20-18-11-14-5-3-2-4-6-14/h2-12H,1H3,(H,19,20). The Morgan fingerprint density at radius 2 is 1.81 bits per heavy atom. The van der Waals surface area contributed by atoms with Gasteiger partial charge in [0.2, 0.25) is 5.13 Å². The van der Waals surface area contributed by atoms with Crippen LogP contribution in [0.3, 0.4) is 0 Å². The first-order valence-corrected chi connectivity index (χ1v) is 7.56. The van der Waals surface area contributed by atoms with Crippen LogP contribution in [0.4, 0.5) is 5.13 Å². The lowest BCUT2D eigenvalue weighted by Crippen LogP contribution is -1.89. The summed E-state index contributed by atoms with van der Waals surface area (Å²) in [5, 5.41) is 7.03. The van der Waals surface area contributed by atoms with Crippen molar-refractivity contribution >= 4 is 22.7 Å². The van der Waals surface area contributed by atoms with Gasteiger partial charge in [-0.1, -0.05) is 60.2 Å². The first-order chi connectivity index (χ1) is 10.3. The van der Waals surface area contributed by atoms with Crippen LogP contribution in [-0.4, -0.2) is 11.2 Å². The Labute approximate surface area is 128 Å². The van der Waals surface area contributed by atoms with Gasteiger partial charge in [-0.05, 0) is 12.5 Å². The van der Waals surface area contributed by atoms with E-state index in [0.29, 0.717) is 0 Å². The molecule has 3 rings (SSSR count). The van der Waals surface area contributed by atoms with Gasteiger partial charge < -0.3 is 0 Å². The van der Waals surface area contributed by atoms with E-state index in [1.54, 1.807) is 17.6 Å². The van der Waals surface area contributed by atoms with Crippen molar-refractivity contribution < 1.29 is 0 Å². The van der Waals surface area contributed by atoms with Gasteiger partial charge >= 0.3 is 0 Å². The fourth-order valence-electron chi connectivity index (χ4n) is 1.88. The molecule has 3 aromatic rings. The van der Waals surface area contributed by atoms with E-state index in [1.165, 1.54) is 5.56 Å². The van der Waals surface area contributed by atoms with Crippen LogP contribution in [0.1, 0.15) is 11.1 Å². The molecule has 0 saturated heterocycles. The van der Waals surface area contributed by atoms with Crippen LogP contribution in [-0.2, 0) is 0 Å². The molecule has 1 aromatic heterocycles. The van der Waals surface area contributed by atoms with Crippen molar-refractivity contribution in [2.24, 2.45) is 5.10 Å². The predicted molar refractivity (Wildman–Crippen MR) is 89.9 cm³/mol. The Bertz CT molecular complexity index is 730. The fraction of sp³-hybridized carbons (Fsp3) is 0.0588. The number of hydrogen-bond donors (Lipinski definition) is 1. The third kappa shape index (κ3) is 3.55. The third-order valence-corrected chi connectivity index (χ3v) is 3.77. The van der Waals surface area contributed by atoms with Gasteiger partial charge in [0.15, 0.2) is 0 Å². The number of thiazole rings is 1. The van der Waals surface area contributed by atoms with E-state index in [4.69, 9.17) is 0 Å². The molecule has 0 amide bonds. The zero-order valence-corrected chi connectivity index (χ0v) is 12.5. The fourth-order valence-corrected chi connectivity index (χ4v) is 2.55. The Morgan fingerprint density at radius 3 is 2.57 bits per heavy atom. The summed E-state index contributed by atoms with van der Waals surface area (Å²) < 4.78 is 0. The van der Waals surface area contributed by atoms with E-state index in [1.807, 2.05) is 35.7 Å². The molecular formula is C17H15N3S. The minimum Gasteiger partial charge on any atom is -0.253 e. The van der Waals surface area contributed by atoms with Crippen molar-refractivity contribution in [3.8, 4) is 11.3 Å². The summed E-state index contributed by atoms with van der Waals surface area (Å²) in [6.45, 7) is 2.08. The van der Waals surface area contributed by atoms with Crippen LogP contribution in [0, 0.1) is 6.92 Å². The number of hydrogen-bond acceptors (Lipinski definition) is 4. The molecule has 1 heterocycles. The van der Waals surface area contributed by atoms with Crippen LogP contribution < -0.4 is 5.43 Å². The number of aromatic nitrogens is 1. The molecule has 0 atom stereocenters. The lowest BCUT2D eigenvalue weighted by Gasteiger charge is -1.97. The Balaban J connectivity index is 1.68. The van der Waals surface area contributed by atoms with Crippen molar-refractivity contribution in [3.63, 3.8) is 0 Å². The highest BCUT2D eigenvalue weighted by Gasteiger charge is 2.03. The maximum atomic E-state index is 4.54. The van der Waals surface area contributed by atoms with Gasteiger partial charge in [0.25, 0.3) is 0 Å². The molecule has 0 radical (unpaired) electrons. The summed E-state index contributed by atoms with van der Waals surface area (Å²) >= 11 is 1.55. The van der Waals surface area contributed by atoms with Crippen molar-refractivity contribution in [2.45, 2.75) is 6.92 Å². The van der Waals surface area contributed by atoms with Gasteiger partial charge in [0.1, 0.15) is 0 Å². The number of hydrazone groups is 1. The van der Waals surface area contributed by atoms with E-state index >= 15 is 0 Å². The van der Waals surface area contributed by atoms with E-state index in [2.05, 4.69) is 46.7 Å². The van der Waals surface area contributed by atoms with Crippen molar-refractivity contribution in [1.82, 2.24) is 4.98 Å². The van der Waals surface area contributed by atoms with Crippen molar-refractivity contribution in [1.29, 1.82) is 0 Å². The summed E-state index contributed by atoms with van der Waals surface area (Å²) in [5.41, 5.74) is 7.37. The van der Waals surface area contributed by atoms with E-state index < -0.39 is 0 Å². The highest BCUT2D eigenvalue weighted by Crippen LogP contribution is 2.24. The van der Waals surface area contributed by atoms with Crippen molar-refractivity contribution in [3.05, 3.63) is 71.1 Å². The highest BCUT2D eigenvalue weighted by atomic mass is 32.1. The monoisotopic (exact) mass is 293 g/mol. The number of nitrogens with zero attached hydrogens (tertiary/aromatic N) is 2. The molecule has 0 unspecified atom stereocenters. The summed E-state index contributed by atoms with van der Waals surface area (Å²) in [6.07, 6.45) is 1.78. The molecule has 4 heteroatoms. The number of benzene rings is 2. The minimum absolute atomic E-state index is 0.790. The normalized spacial score (nSPS) is 10.9. The van der Waals surface area contributed by atoms with Crippen LogP contribution in [0.5, 0.6) is 0 Å². The minimum atomic E-state index is 0.790. The predicted octanol–water partition coefficient (Wildman–Crippen LogP) is 4.56. The number of anilines is 1. The van der Waals surface area contributed by atoms with Crippen molar-refractivity contribution in [2.75, 3.05) is 5.43 Å². The highest BCUT2D eigenvalue weighted by molar-refractivity contribution is 7.14. The van der Waals surface area contributed by atoms with E-state index in [0.717, 1.165) is 22.0 Å². The molecule has 0 aliphatic heterocycles. The molecule has 0 aliphatic rings. The largest absolute Gasteiger partial charge is 0.253 e. The lowest BCUT2D eigenvalue weighted by molar-refractivity contribution is 1.29. The molecule has 1 N–H and O–H groups in total. The second kappa shape index (κ2) is 6.33. The van der Waals surface area contributed by atoms with Crippen LogP contribution >= 0.6 is 11.3 Å². The summed E-state index contributed by atoms with van der Waals surface area (Å²) in [4.78, 5) is 4.54. The first-order valence-electron chi connectivity index (χ1n) is 6.68. The van der Waals surface area contributed by atoms with Gasteiger partial charge in [-0.15, -0.1) is 11.3 Å². The Kier molecular flexibility index (Phi) is 4.07. The second-order valence-corrected chi connectivity index (χ2v) is 5.54. The number of rotatable bonds is 4. The summed E-state index contributed by atoms with van der Waals surface area (Å²) in [5.74, 6) is 0. The first kappa shape index (κ1) is 13.5. The molecule has 0 aliphatic carbocycles. The van der Waals surface area contributed by atoms with Gasteiger partial charge in [0, 0.05) is 10.9 Å². The van der Waals surface area contributed by atoms with Crippen LogP contribution in [0.15, 0.2) is 65.1 Å². The van der Waals surface area contributed by atoms with Gasteiger partial charge in [0.05, 0.1) is 11.9 Å². The zero-order valence-electron chi connectivity index (χ0n) is 11.7. The van der Waals surface area contributed by atoms with Gasteiger partial charge in [-0.25, -0.2) is 4.98 Å².